The molecule has 0 amide bonds. The zero-order valence-corrected chi connectivity index (χ0v) is 50.3. The van der Waals surface area contributed by atoms with Crippen LogP contribution in [0.3, 0.4) is 0 Å². The fourth-order valence-electron chi connectivity index (χ4n) is 9.27. The lowest BCUT2D eigenvalue weighted by Gasteiger charge is -2.18. The second-order valence-electron chi connectivity index (χ2n) is 21.6. The van der Waals surface area contributed by atoms with Crippen LogP contribution in [0.15, 0.2) is 85.1 Å². The van der Waals surface area contributed by atoms with Crippen LogP contribution < -0.4 is 0 Å². The lowest BCUT2D eigenvalue weighted by molar-refractivity contribution is -0.167. The van der Waals surface area contributed by atoms with E-state index in [0.29, 0.717) is 19.3 Å². The molecule has 0 rings (SSSR count). The molecule has 0 spiro atoms. The van der Waals surface area contributed by atoms with Gasteiger partial charge >= 0.3 is 17.9 Å². The van der Waals surface area contributed by atoms with Gasteiger partial charge in [-0.15, -0.1) is 0 Å². The van der Waals surface area contributed by atoms with Gasteiger partial charge in [0.2, 0.25) is 0 Å². The third kappa shape index (κ3) is 61.4. The van der Waals surface area contributed by atoms with E-state index in [1.165, 1.54) is 180 Å². The van der Waals surface area contributed by atoms with Crippen molar-refractivity contribution in [2.24, 2.45) is 0 Å². The highest BCUT2D eigenvalue weighted by molar-refractivity contribution is 5.71. The largest absolute Gasteiger partial charge is 0.462 e. The summed E-state index contributed by atoms with van der Waals surface area (Å²) in [5.74, 6) is -0.873. The van der Waals surface area contributed by atoms with Crippen molar-refractivity contribution in [1.82, 2.24) is 0 Å². The van der Waals surface area contributed by atoms with Gasteiger partial charge in [0.05, 0.1) is 0 Å². The van der Waals surface area contributed by atoms with Gasteiger partial charge in [-0.05, 0) is 96.3 Å². The van der Waals surface area contributed by atoms with Crippen molar-refractivity contribution in [3.63, 3.8) is 0 Å². The van der Waals surface area contributed by atoms with E-state index in [-0.39, 0.29) is 31.1 Å². The van der Waals surface area contributed by atoms with E-state index < -0.39 is 6.10 Å². The number of ether oxygens (including phenoxy) is 3. The Labute approximate surface area is 471 Å². The summed E-state index contributed by atoms with van der Waals surface area (Å²) in [6.07, 6.45) is 84.7. The van der Waals surface area contributed by atoms with Gasteiger partial charge in [-0.25, -0.2) is 0 Å². The zero-order valence-electron chi connectivity index (χ0n) is 50.3. The zero-order chi connectivity index (χ0) is 55.0. The Kier molecular flexibility index (Phi) is 61.2. The maximum absolute atomic E-state index is 12.8. The van der Waals surface area contributed by atoms with Crippen molar-refractivity contribution in [3.05, 3.63) is 85.1 Å². The summed E-state index contributed by atoms with van der Waals surface area (Å²) >= 11 is 0. The summed E-state index contributed by atoms with van der Waals surface area (Å²) in [5, 5.41) is 0. The van der Waals surface area contributed by atoms with Gasteiger partial charge in [-0.3, -0.25) is 14.4 Å². The Morgan fingerprint density at radius 1 is 0.276 bits per heavy atom. The van der Waals surface area contributed by atoms with Gasteiger partial charge in [0.25, 0.3) is 0 Å². The summed E-state index contributed by atoms with van der Waals surface area (Å²) in [6.45, 7) is 6.52. The van der Waals surface area contributed by atoms with E-state index in [1.807, 2.05) is 0 Å². The van der Waals surface area contributed by atoms with E-state index in [0.717, 1.165) is 103 Å². The summed E-state index contributed by atoms with van der Waals surface area (Å²) in [7, 11) is 0. The molecular weight excluding hydrogens is 937 g/mol. The van der Waals surface area contributed by atoms with Crippen LogP contribution in [0.5, 0.6) is 0 Å². The van der Waals surface area contributed by atoms with Crippen LogP contribution in [0.25, 0.3) is 0 Å². The van der Waals surface area contributed by atoms with Gasteiger partial charge in [-0.2, -0.15) is 0 Å². The number of hydrogen-bond acceptors (Lipinski definition) is 6. The van der Waals surface area contributed by atoms with Crippen molar-refractivity contribution in [3.8, 4) is 0 Å². The third-order valence-electron chi connectivity index (χ3n) is 14.1. The quantitative estimate of drug-likeness (QED) is 0.0261. The second-order valence-corrected chi connectivity index (χ2v) is 21.6. The van der Waals surface area contributed by atoms with Crippen LogP contribution in [-0.4, -0.2) is 37.2 Å². The molecule has 0 aliphatic heterocycles. The van der Waals surface area contributed by atoms with Crippen molar-refractivity contribution in [2.45, 2.75) is 329 Å². The average molecular weight is 1060 g/mol. The van der Waals surface area contributed by atoms with Crippen molar-refractivity contribution in [1.29, 1.82) is 0 Å². The summed E-state index contributed by atoms with van der Waals surface area (Å²) in [5.41, 5.74) is 0. The van der Waals surface area contributed by atoms with Crippen molar-refractivity contribution >= 4 is 17.9 Å². The molecule has 0 aromatic carbocycles. The molecule has 1 unspecified atom stereocenters. The Bertz CT molecular complexity index is 1450. The Balaban J connectivity index is 4.04. The number of carbonyl (C=O) groups excluding carboxylic acids is 3. The summed E-state index contributed by atoms with van der Waals surface area (Å²) in [6, 6.07) is 0. The highest BCUT2D eigenvalue weighted by Crippen LogP contribution is 2.17. The minimum absolute atomic E-state index is 0.0746. The SMILES string of the molecule is CC/C=C\C/C=C\C/C=C\C/C=C\C/C=C\C/C=C\CCCCCCCCCCCCCCCCCCC(=O)OCC(COC(=O)CCCCCCCCCCC)OC(=O)CCCCCCC/C=C\CCCCCCC. The second kappa shape index (κ2) is 64.1. The first-order chi connectivity index (χ1) is 37.5. The fraction of sp³-hybridized carbons (Fsp3) is 0.757. The number of carbonyl (C=O) groups is 3. The van der Waals surface area contributed by atoms with Gasteiger partial charge in [-0.1, -0.05) is 292 Å². The lowest BCUT2D eigenvalue weighted by Crippen LogP contribution is -2.30. The first kappa shape index (κ1) is 72.6. The smallest absolute Gasteiger partial charge is 0.306 e. The lowest BCUT2D eigenvalue weighted by atomic mass is 10.0. The Hall–Kier alpha value is -3.41. The number of allylic oxidation sites excluding steroid dienone is 14. The summed E-state index contributed by atoms with van der Waals surface area (Å²) < 4.78 is 16.9. The Morgan fingerprint density at radius 2 is 0.513 bits per heavy atom. The normalized spacial score (nSPS) is 12.6. The molecule has 0 aliphatic rings. The predicted molar refractivity (Wildman–Crippen MR) is 330 cm³/mol. The molecule has 6 heteroatoms. The summed E-state index contributed by atoms with van der Waals surface area (Å²) in [4.78, 5) is 38.1. The van der Waals surface area contributed by atoms with Crippen LogP contribution in [-0.2, 0) is 28.6 Å². The van der Waals surface area contributed by atoms with Crippen molar-refractivity contribution in [2.75, 3.05) is 13.2 Å². The first-order valence-corrected chi connectivity index (χ1v) is 32.6. The molecule has 0 aromatic heterocycles. The molecular formula is C70H122O6. The maximum Gasteiger partial charge on any atom is 0.306 e. The standard InChI is InChI=1S/C70H122O6/c1-4-7-10-13-16-19-21-23-25-26-27-28-29-30-31-32-33-34-35-36-37-38-39-40-41-42-43-44-45-47-48-51-54-57-60-63-69(72)75-66-67(65-74-68(71)62-59-56-53-50-18-15-12-9-6-3)76-70(73)64-61-58-55-52-49-46-24-22-20-17-14-11-8-5-2/h7,10,16,19,22-25,27-28,30-31,33-34,67H,4-6,8-9,11-15,17-18,20-21,26,29,32,35-66H2,1-3H3/b10-7-,19-16-,24-22-,25-23-,28-27-,31-30-,34-33-. The van der Waals surface area contributed by atoms with Gasteiger partial charge in [0.15, 0.2) is 6.10 Å². The first-order valence-electron chi connectivity index (χ1n) is 32.6. The number of rotatable bonds is 59. The molecule has 0 aliphatic carbocycles. The molecule has 0 N–H and O–H groups in total. The minimum atomic E-state index is -0.775. The molecule has 0 aromatic rings. The van der Waals surface area contributed by atoms with Crippen LogP contribution in [0.4, 0.5) is 0 Å². The van der Waals surface area contributed by atoms with Gasteiger partial charge in [0, 0.05) is 19.3 Å². The highest BCUT2D eigenvalue weighted by atomic mass is 16.6. The van der Waals surface area contributed by atoms with Crippen LogP contribution in [0.1, 0.15) is 323 Å². The molecule has 0 bridgehead atoms. The van der Waals surface area contributed by atoms with Crippen LogP contribution in [0, 0.1) is 0 Å². The topological polar surface area (TPSA) is 78.9 Å². The molecule has 76 heavy (non-hydrogen) atoms. The molecule has 0 fully saturated rings. The third-order valence-corrected chi connectivity index (χ3v) is 14.1. The van der Waals surface area contributed by atoms with E-state index in [4.69, 9.17) is 14.2 Å². The molecule has 0 heterocycles. The molecule has 6 nitrogen and oxygen atoms in total. The Morgan fingerprint density at radius 3 is 0.816 bits per heavy atom. The van der Waals surface area contributed by atoms with Gasteiger partial charge < -0.3 is 14.2 Å². The van der Waals surface area contributed by atoms with Crippen molar-refractivity contribution < 1.29 is 28.6 Å². The number of unbranched alkanes of at least 4 members (excludes halogenated alkanes) is 34. The molecule has 1 atom stereocenters. The van der Waals surface area contributed by atoms with Gasteiger partial charge in [0.1, 0.15) is 13.2 Å². The van der Waals surface area contributed by atoms with E-state index in [9.17, 15) is 14.4 Å². The average Bonchev–Trinajstić information content (AvgIpc) is 3.42. The van der Waals surface area contributed by atoms with E-state index in [1.54, 1.807) is 0 Å². The number of hydrogen-bond donors (Lipinski definition) is 0. The maximum atomic E-state index is 12.8. The molecule has 438 valence electrons. The van der Waals surface area contributed by atoms with E-state index in [2.05, 4.69) is 106 Å². The number of esters is 3. The minimum Gasteiger partial charge on any atom is -0.462 e. The van der Waals surface area contributed by atoms with Crippen LogP contribution in [0.2, 0.25) is 0 Å². The molecule has 0 radical (unpaired) electrons. The van der Waals surface area contributed by atoms with Crippen LogP contribution >= 0.6 is 0 Å². The highest BCUT2D eigenvalue weighted by Gasteiger charge is 2.19. The predicted octanol–water partition coefficient (Wildman–Crippen LogP) is 22.3. The van der Waals surface area contributed by atoms with E-state index >= 15 is 0 Å². The monoisotopic (exact) mass is 1060 g/mol. The molecule has 0 saturated carbocycles. The fourth-order valence-corrected chi connectivity index (χ4v) is 9.27. The molecule has 0 saturated heterocycles.